The molecule has 0 bridgehead atoms. The Bertz CT molecular complexity index is 88.8. The van der Waals surface area contributed by atoms with Crippen molar-refractivity contribution in [2.24, 2.45) is 0 Å². The normalized spacial score (nSPS) is 24.0. The summed E-state index contributed by atoms with van der Waals surface area (Å²) >= 11 is 0. The van der Waals surface area contributed by atoms with E-state index in [1.165, 1.54) is 51.6 Å². The summed E-state index contributed by atoms with van der Waals surface area (Å²) in [6, 6.07) is 0. The Morgan fingerprint density at radius 1 is 0.278 bits per heavy atom. The Balaban J connectivity index is 2.00. The fourth-order valence-electron chi connectivity index (χ4n) is 2.21. The predicted molar refractivity (Wildman–Crippen MR) is 79.2 cm³/mol. The fraction of sp³-hybridized carbons (Fsp3) is 1.00. The summed E-state index contributed by atoms with van der Waals surface area (Å²) in [5.74, 6) is 0. The second kappa shape index (κ2) is 13.3. The van der Waals surface area contributed by atoms with Gasteiger partial charge in [0, 0.05) is 13.1 Å². The molecule has 4 nitrogen and oxygen atoms in total. The van der Waals surface area contributed by atoms with Gasteiger partial charge in [0.15, 0.2) is 0 Å². The molecule has 1 rings (SSSR count). The molecular weight excluding hydrogens is 224 g/mol. The van der Waals surface area contributed by atoms with Crippen LogP contribution in [0.2, 0.25) is 0 Å². The number of hydrogen-bond acceptors (Lipinski definition) is 4. The topological polar surface area (TPSA) is 48.1 Å². The minimum absolute atomic E-state index is 1.09. The molecule has 0 aromatic rings. The molecule has 18 heavy (non-hydrogen) atoms. The van der Waals surface area contributed by atoms with Crippen LogP contribution in [0.5, 0.6) is 0 Å². The molecule has 4 heteroatoms. The van der Waals surface area contributed by atoms with Crippen LogP contribution in [0.4, 0.5) is 0 Å². The SMILES string of the molecule is C1CCCNCCCNCCNCCCNCC1. The van der Waals surface area contributed by atoms with Crippen molar-refractivity contribution in [2.75, 3.05) is 52.4 Å². The first-order valence-corrected chi connectivity index (χ1v) is 7.83. The molecular formula is C14H32N4. The number of nitrogens with one attached hydrogen (secondary N) is 4. The maximum atomic E-state index is 3.52. The Hall–Kier alpha value is -0.160. The maximum absolute atomic E-state index is 3.52. The van der Waals surface area contributed by atoms with Crippen LogP contribution in [0.3, 0.4) is 0 Å². The average molecular weight is 256 g/mol. The average Bonchev–Trinajstić information content (AvgIpc) is 2.39. The van der Waals surface area contributed by atoms with E-state index in [4.69, 9.17) is 0 Å². The van der Waals surface area contributed by atoms with E-state index in [9.17, 15) is 0 Å². The minimum atomic E-state index is 1.09. The van der Waals surface area contributed by atoms with Crippen molar-refractivity contribution < 1.29 is 0 Å². The van der Waals surface area contributed by atoms with Crippen LogP contribution < -0.4 is 21.3 Å². The molecule has 0 aliphatic carbocycles. The van der Waals surface area contributed by atoms with Crippen LogP contribution >= 0.6 is 0 Å². The molecule has 0 aromatic carbocycles. The summed E-state index contributed by atoms with van der Waals surface area (Å²) in [5, 5.41) is 14.0. The second-order valence-electron chi connectivity index (χ2n) is 5.12. The van der Waals surface area contributed by atoms with E-state index in [0.29, 0.717) is 0 Å². The van der Waals surface area contributed by atoms with Gasteiger partial charge in [0.2, 0.25) is 0 Å². The highest BCUT2D eigenvalue weighted by atomic mass is 14.9. The highest BCUT2D eigenvalue weighted by Gasteiger charge is 1.94. The molecule has 0 amide bonds. The molecule has 1 aliphatic rings. The zero-order chi connectivity index (χ0) is 12.7. The minimum Gasteiger partial charge on any atom is -0.317 e. The van der Waals surface area contributed by atoms with Gasteiger partial charge in [-0.25, -0.2) is 0 Å². The Labute approximate surface area is 113 Å². The van der Waals surface area contributed by atoms with Gasteiger partial charge in [-0.1, -0.05) is 12.8 Å². The van der Waals surface area contributed by atoms with Gasteiger partial charge in [0.05, 0.1) is 0 Å². The van der Waals surface area contributed by atoms with Gasteiger partial charge in [-0.05, 0) is 65.0 Å². The van der Waals surface area contributed by atoms with Crippen molar-refractivity contribution in [2.45, 2.75) is 38.5 Å². The molecule has 4 N–H and O–H groups in total. The first kappa shape index (κ1) is 15.9. The summed E-state index contributed by atoms with van der Waals surface area (Å²) in [5.41, 5.74) is 0. The molecule has 108 valence electrons. The summed E-state index contributed by atoms with van der Waals surface area (Å²) < 4.78 is 0. The molecule has 1 heterocycles. The summed E-state index contributed by atoms with van der Waals surface area (Å²) in [4.78, 5) is 0. The monoisotopic (exact) mass is 256 g/mol. The zero-order valence-corrected chi connectivity index (χ0v) is 11.9. The van der Waals surface area contributed by atoms with Crippen molar-refractivity contribution in [3.8, 4) is 0 Å². The lowest BCUT2D eigenvalue weighted by Crippen LogP contribution is -2.31. The number of rotatable bonds is 0. The predicted octanol–water partition coefficient (Wildman–Crippen LogP) is 0.699. The van der Waals surface area contributed by atoms with E-state index in [-0.39, 0.29) is 0 Å². The first-order valence-electron chi connectivity index (χ1n) is 7.83. The summed E-state index contributed by atoms with van der Waals surface area (Å²) in [6.07, 6.45) is 7.88. The Morgan fingerprint density at radius 3 is 1.06 bits per heavy atom. The molecule has 0 unspecified atom stereocenters. The lowest BCUT2D eigenvalue weighted by molar-refractivity contribution is 0.525. The zero-order valence-electron chi connectivity index (χ0n) is 11.9. The Kier molecular flexibility index (Phi) is 11.7. The van der Waals surface area contributed by atoms with Gasteiger partial charge >= 0.3 is 0 Å². The lowest BCUT2D eigenvalue weighted by atomic mass is 10.2. The third-order valence-electron chi connectivity index (χ3n) is 3.35. The van der Waals surface area contributed by atoms with Crippen molar-refractivity contribution in [3.05, 3.63) is 0 Å². The van der Waals surface area contributed by atoms with E-state index in [1.807, 2.05) is 0 Å². The molecule has 0 aromatic heterocycles. The lowest BCUT2D eigenvalue weighted by Gasteiger charge is -2.09. The Morgan fingerprint density at radius 2 is 0.611 bits per heavy atom. The second-order valence-corrected chi connectivity index (χ2v) is 5.12. The third-order valence-corrected chi connectivity index (χ3v) is 3.35. The van der Waals surface area contributed by atoms with Gasteiger partial charge in [-0.2, -0.15) is 0 Å². The summed E-state index contributed by atoms with van der Waals surface area (Å²) in [7, 11) is 0. The van der Waals surface area contributed by atoms with Crippen molar-refractivity contribution >= 4 is 0 Å². The molecule has 1 fully saturated rings. The van der Waals surface area contributed by atoms with Crippen molar-refractivity contribution in [1.29, 1.82) is 0 Å². The van der Waals surface area contributed by atoms with Crippen molar-refractivity contribution in [1.82, 2.24) is 21.3 Å². The van der Waals surface area contributed by atoms with E-state index in [1.54, 1.807) is 0 Å². The van der Waals surface area contributed by atoms with Crippen LogP contribution in [-0.2, 0) is 0 Å². The molecule has 1 saturated heterocycles. The van der Waals surface area contributed by atoms with Gasteiger partial charge in [-0.15, -0.1) is 0 Å². The van der Waals surface area contributed by atoms with E-state index in [2.05, 4.69) is 21.3 Å². The highest BCUT2D eigenvalue weighted by Crippen LogP contribution is 1.97. The van der Waals surface area contributed by atoms with Crippen LogP contribution in [0.1, 0.15) is 38.5 Å². The van der Waals surface area contributed by atoms with E-state index in [0.717, 1.165) is 39.3 Å². The van der Waals surface area contributed by atoms with Gasteiger partial charge in [-0.3, -0.25) is 0 Å². The quantitative estimate of drug-likeness (QED) is 0.515. The molecule has 0 atom stereocenters. The summed E-state index contributed by atoms with van der Waals surface area (Å²) in [6.45, 7) is 9.14. The molecule has 0 saturated carbocycles. The van der Waals surface area contributed by atoms with Crippen molar-refractivity contribution in [3.63, 3.8) is 0 Å². The fourth-order valence-corrected chi connectivity index (χ4v) is 2.21. The van der Waals surface area contributed by atoms with Gasteiger partial charge in [0.25, 0.3) is 0 Å². The third kappa shape index (κ3) is 11.0. The first-order chi connectivity index (χ1) is 9.00. The largest absolute Gasteiger partial charge is 0.317 e. The molecule has 0 spiro atoms. The van der Waals surface area contributed by atoms with Gasteiger partial charge < -0.3 is 21.3 Å². The van der Waals surface area contributed by atoms with Crippen LogP contribution in [0.15, 0.2) is 0 Å². The molecule has 1 aliphatic heterocycles. The maximum Gasteiger partial charge on any atom is 0.00767 e. The van der Waals surface area contributed by atoms with E-state index >= 15 is 0 Å². The number of hydrogen-bond donors (Lipinski definition) is 4. The highest BCUT2D eigenvalue weighted by molar-refractivity contribution is 4.57. The van der Waals surface area contributed by atoms with Gasteiger partial charge in [0.1, 0.15) is 0 Å². The van der Waals surface area contributed by atoms with Crippen LogP contribution in [0.25, 0.3) is 0 Å². The standard InChI is InChI=1S/C14H32N4/c1-2-4-8-16-10-6-12-18-14-13-17-11-5-9-15-7-3-1/h15-18H,1-14H2. The smallest absolute Gasteiger partial charge is 0.00767 e. The molecule has 0 radical (unpaired) electrons. The van der Waals surface area contributed by atoms with Crippen LogP contribution in [-0.4, -0.2) is 52.4 Å². The van der Waals surface area contributed by atoms with Crippen LogP contribution in [0, 0.1) is 0 Å². The van der Waals surface area contributed by atoms with E-state index < -0.39 is 0 Å².